The molecule has 0 heterocycles. The first-order valence-corrected chi connectivity index (χ1v) is 33.4. The highest BCUT2D eigenvalue weighted by Gasteiger charge is 2.31. The summed E-state index contributed by atoms with van der Waals surface area (Å²) in [7, 11) is 0. The molecular formula is C77H110N2. The molecule has 0 saturated carbocycles. The Morgan fingerprint density at radius 2 is 0.658 bits per heavy atom. The van der Waals surface area contributed by atoms with Gasteiger partial charge in [-0.05, 0) is 222 Å². The molecule has 79 heavy (non-hydrogen) atoms. The van der Waals surface area contributed by atoms with Crippen molar-refractivity contribution < 1.29 is 0 Å². The van der Waals surface area contributed by atoms with E-state index in [1.807, 2.05) is 0 Å². The lowest BCUT2D eigenvalue weighted by Crippen LogP contribution is -2.26. The van der Waals surface area contributed by atoms with Crippen molar-refractivity contribution in [2.45, 2.75) is 268 Å². The molecule has 0 radical (unpaired) electrons. The van der Waals surface area contributed by atoms with Gasteiger partial charge in [0.15, 0.2) is 0 Å². The largest absolute Gasteiger partial charge is 0.310 e. The minimum Gasteiger partial charge on any atom is -0.310 e. The average Bonchev–Trinajstić information content (AvgIpc) is 3.66. The van der Waals surface area contributed by atoms with Crippen molar-refractivity contribution in [3.63, 3.8) is 0 Å². The van der Waals surface area contributed by atoms with Crippen molar-refractivity contribution in [1.29, 1.82) is 0 Å². The number of nitrogens with zero attached hydrogens (tertiary/aromatic N) is 2. The lowest BCUT2D eigenvalue weighted by molar-refractivity contribution is 0.529. The fourth-order valence-electron chi connectivity index (χ4n) is 13.0. The summed E-state index contributed by atoms with van der Waals surface area (Å²) in [6, 6.07) is 31.2. The van der Waals surface area contributed by atoms with Crippen LogP contribution in [0, 0.1) is 11.8 Å². The molecule has 428 valence electrons. The molecule has 0 fully saturated rings. The SMILES string of the molecule is CCCCC1=CC(N(C2=CC(CCCC)CC(CCCC)=C2)c2c3cc(CCCC)ccc3c(N(c3cc(CCCC)cc(CCCC)c3)c3cc(CCCC)cc(CCCC)c3)c3cc(CCCC)ccc23)=CC(CCC)C1. The molecular weight excluding hydrogens is 953 g/mol. The minimum atomic E-state index is 0.528. The lowest BCUT2D eigenvalue weighted by Gasteiger charge is -2.37. The van der Waals surface area contributed by atoms with Gasteiger partial charge in [0.25, 0.3) is 0 Å². The second-order valence-corrected chi connectivity index (χ2v) is 24.6. The highest BCUT2D eigenvalue weighted by molar-refractivity contribution is 6.23. The van der Waals surface area contributed by atoms with Crippen LogP contribution < -0.4 is 9.80 Å². The van der Waals surface area contributed by atoms with Crippen LogP contribution in [0.1, 0.15) is 263 Å². The van der Waals surface area contributed by atoms with Crippen LogP contribution in [-0.4, -0.2) is 0 Å². The molecule has 0 saturated heterocycles. The zero-order valence-corrected chi connectivity index (χ0v) is 52.2. The Hall–Kier alpha value is -4.82. The van der Waals surface area contributed by atoms with Gasteiger partial charge >= 0.3 is 0 Å². The van der Waals surface area contributed by atoms with E-state index in [0.29, 0.717) is 11.8 Å². The molecule has 0 spiro atoms. The molecule has 2 nitrogen and oxygen atoms in total. The lowest BCUT2D eigenvalue weighted by atomic mass is 9.84. The van der Waals surface area contributed by atoms with Gasteiger partial charge in [0.05, 0.1) is 11.4 Å². The van der Waals surface area contributed by atoms with Crippen molar-refractivity contribution in [3.8, 4) is 0 Å². The first-order chi connectivity index (χ1) is 38.7. The van der Waals surface area contributed by atoms with Crippen molar-refractivity contribution in [1.82, 2.24) is 0 Å². The van der Waals surface area contributed by atoms with E-state index in [1.54, 1.807) is 11.1 Å². The summed E-state index contributed by atoms with van der Waals surface area (Å²) in [6.45, 7) is 23.7. The molecule has 2 heteroatoms. The summed E-state index contributed by atoms with van der Waals surface area (Å²) in [5.41, 5.74) is 20.3. The summed E-state index contributed by atoms with van der Waals surface area (Å²) in [4.78, 5) is 5.68. The molecule has 2 aliphatic rings. The molecule has 0 amide bonds. The monoisotopic (exact) mass is 1060 g/mol. The Morgan fingerprint density at radius 3 is 1.03 bits per heavy atom. The summed E-state index contributed by atoms with van der Waals surface area (Å²) in [6.07, 6.45) is 47.7. The smallest absolute Gasteiger partial charge is 0.0620 e. The topological polar surface area (TPSA) is 6.48 Å². The first kappa shape index (κ1) is 61.8. The Bertz CT molecular complexity index is 2690. The maximum absolute atomic E-state index is 2.87. The van der Waals surface area contributed by atoms with Crippen molar-refractivity contribution in [2.24, 2.45) is 11.8 Å². The van der Waals surface area contributed by atoms with Crippen LogP contribution in [0.4, 0.5) is 22.7 Å². The van der Waals surface area contributed by atoms with Gasteiger partial charge in [-0.25, -0.2) is 0 Å². The van der Waals surface area contributed by atoms with Gasteiger partial charge in [0, 0.05) is 44.3 Å². The maximum Gasteiger partial charge on any atom is 0.0620 e. The van der Waals surface area contributed by atoms with Gasteiger partial charge in [0.1, 0.15) is 0 Å². The van der Waals surface area contributed by atoms with Crippen molar-refractivity contribution in [2.75, 3.05) is 9.80 Å². The summed E-state index contributed by atoms with van der Waals surface area (Å²) in [5, 5.41) is 5.53. The molecule has 5 aromatic carbocycles. The normalized spacial score (nSPS) is 15.6. The van der Waals surface area contributed by atoms with Crippen LogP contribution in [0.5, 0.6) is 0 Å². The highest BCUT2D eigenvalue weighted by Crippen LogP contribution is 2.52. The van der Waals surface area contributed by atoms with Gasteiger partial charge in [0.2, 0.25) is 0 Å². The van der Waals surface area contributed by atoms with Gasteiger partial charge in [-0.15, -0.1) is 0 Å². The van der Waals surface area contributed by atoms with E-state index in [0.717, 1.165) is 38.5 Å². The molecule has 5 aromatic rings. The van der Waals surface area contributed by atoms with E-state index in [9.17, 15) is 0 Å². The fraction of sp³-hybridized carbons (Fsp3) is 0.558. The zero-order valence-electron chi connectivity index (χ0n) is 52.2. The number of allylic oxidation sites excluding steroid dienone is 6. The number of rotatable bonds is 35. The molecule has 0 aliphatic heterocycles. The second-order valence-electron chi connectivity index (χ2n) is 24.6. The molecule has 2 unspecified atom stereocenters. The number of benzene rings is 5. The van der Waals surface area contributed by atoms with Gasteiger partial charge in [-0.1, -0.05) is 200 Å². The third-order valence-corrected chi connectivity index (χ3v) is 17.5. The van der Waals surface area contributed by atoms with Crippen LogP contribution in [0.2, 0.25) is 0 Å². The van der Waals surface area contributed by atoms with E-state index in [2.05, 4.69) is 176 Å². The first-order valence-electron chi connectivity index (χ1n) is 33.4. The minimum absolute atomic E-state index is 0.528. The van der Waals surface area contributed by atoms with E-state index < -0.39 is 0 Å². The van der Waals surface area contributed by atoms with Crippen molar-refractivity contribution in [3.05, 3.63) is 153 Å². The highest BCUT2D eigenvalue weighted by atomic mass is 15.2. The van der Waals surface area contributed by atoms with Crippen LogP contribution >= 0.6 is 0 Å². The number of hydrogen-bond acceptors (Lipinski definition) is 2. The number of fused-ring (bicyclic) bond motifs is 2. The Balaban J connectivity index is 1.71. The fourth-order valence-corrected chi connectivity index (χ4v) is 13.0. The maximum atomic E-state index is 2.87. The molecule has 2 aliphatic carbocycles. The van der Waals surface area contributed by atoms with Crippen LogP contribution in [-0.2, 0) is 38.5 Å². The summed E-state index contributed by atoms with van der Waals surface area (Å²) in [5.74, 6) is 1.06. The molecule has 0 bridgehead atoms. The summed E-state index contributed by atoms with van der Waals surface area (Å²) >= 11 is 0. The summed E-state index contributed by atoms with van der Waals surface area (Å²) < 4.78 is 0. The average molecular weight is 1060 g/mol. The number of anilines is 4. The molecule has 2 atom stereocenters. The van der Waals surface area contributed by atoms with Crippen molar-refractivity contribution >= 4 is 44.3 Å². The zero-order chi connectivity index (χ0) is 55.9. The second kappa shape index (κ2) is 32.6. The van der Waals surface area contributed by atoms with E-state index >= 15 is 0 Å². The van der Waals surface area contributed by atoms with E-state index in [4.69, 9.17) is 0 Å². The Morgan fingerprint density at radius 1 is 0.316 bits per heavy atom. The van der Waals surface area contributed by atoms with Crippen LogP contribution in [0.25, 0.3) is 21.5 Å². The van der Waals surface area contributed by atoms with Crippen LogP contribution in [0.15, 0.2) is 120 Å². The Labute approximate surface area is 484 Å². The quantitative estimate of drug-likeness (QED) is 0.0295. The third-order valence-electron chi connectivity index (χ3n) is 17.5. The third kappa shape index (κ3) is 16.9. The van der Waals surface area contributed by atoms with Gasteiger partial charge in [-0.2, -0.15) is 0 Å². The predicted molar refractivity (Wildman–Crippen MR) is 352 cm³/mol. The number of unbranched alkanes of at least 4 members (excludes halogenated alkanes) is 9. The molecule has 7 rings (SSSR count). The number of aryl methyl sites for hydroxylation is 6. The van der Waals surface area contributed by atoms with E-state index in [-0.39, 0.29) is 0 Å². The van der Waals surface area contributed by atoms with E-state index in [1.165, 1.54) is 250 Å². The Kier molecular flexibility index (Phi) is 25.5. The molecule has 0 aromatic heterocycles. The number of hydrogen-bond donors (Lipinski definition) is 0. The van der Waals surface area contributed by atoms with Crippen LogP contribution in [0.3, 0.4) is 0 Å². The van der Waals surface area contributed by atoms with Gasteiger partial charge in [-0.3, -0.25) is 0 Å². The molecule has 0 N–H and O–H groups in total. The van der Waals surface area contributed by atoms with Gasteiger partial charge < -0.3 is 9.80 Å². The predicted octanol–water partition coefficient (Wildman–Crippen LogP) is 24.4. The standard InChI is InChI=1S/C77H110N2/c1-11-21-31-58-41-43-73-74(56-58)76(78(68-48-60(30-20-10)44-61(49-68)33-23-13-3)69-50-62(34-24-14-4)45-63(51-69)35-25-15-5)72-42-40-59(32-22-12-2)57-75(72)77(73)79(70-52-64(36-26-16-6)46-65(53-70)37-27-17-7)71-54-66(38-28-18-8)47-67(55-71)39-29-19-9/h40-43,46-57,60,62H,11-39,44-45H2,1-10H3.